The van der Waals surface area contributed by atoms with Gasteiger partial charge in [-0.3, -0.25) is 10.4 Å². The summed E-state index contributed by atoms with van der Waals surface area (Å²) >= 11 is 5.55. The highest BCUT2D eigenvalue weighted by atomic mass is 35.5. The van der Waals surface area contributed by atoms with Crippen molar-refractivity contribution in [3.05, 3.63) is 41.3 Å². The number of hydrogen-bond acceptors (Lipinski definition) is 6. The molecule has 0 amide bonds. The fraction of sp³-hybridized carbons (Fsp3) is 0.250. The molecule has 1 aromatic rings. The van der Waals surface area contributed by atoms with Gasteiger partial charge in [0, 0.05) is 7.05 Å². The van der Waals surface area contributed by atoms with Crippen molar-refractivity contribution >= 4 is 16.8 Å². The summed E-state index contributed by atoms with van der Waals surface area (Å²) in [4.78, 5) is 0. The third kappa shape index (κ3) is 4.04. The number of ether oxygens (including phenoxy) is 1. The molecule has 6 nitrogen and oxygen atoms in total. The van der Waals surface area contributed by atoms with E-state index in [9.17, 15) is 0 Å². The summed E-state index contributed by atoms with van der Waals surface area (Å²) < 4.78 is 5.08. The minimum Gasteiger partial charge on any atom is -0.497 e. The zero-order valence-electron chi connectivity index (χ0n) is 10.9. The molecule has 0 fully saturated rings. The normalized spacial score (nSPS) is 11.6. The first kappa shape index (κ1) is 15.1. The van der Waals surface area contributed by atoms with E-state index in [1.165, 1.54) is 5.01 Å². The molecular weight excluding hydrogens is 266 g/mol. The third-order valence-corrected chi connectivity index (χ3v) is 2.73. The van der Waals surface area contributed by atoms with E-state index in [2.05, 4.69) is 5.32 Å². The van der Waals surface area contributed by atoms with E-state index in [0.29, 0.717) is 12.4 Å². The number of nitrogens with zero attached hydrogens (tertiary/aromatic N) is 1. The molecule has 0 bridgehead atoms. The molecule has 1 rings (SSSR count). The molecule has 7 heteroatoms. The molecule has 0 unspecified atom stereocenters. The Balaban J connectivity index is 2.85. The van der Waals surface area contributed by atoms with Crippen molar-refractivity contribution in [3.8, 4) is 5.75 Å². The number of allylic oxidation sites excluding steroid dienone is 1. The van der Waals surface area contributed by atoms with Crippen molar-refractivity contribution in [1.82, 2.24) is 10.3 Å². The highest BCUT2D eigenvalue weighted by Gasteiger charge is 2.11. The Labute approximate surface area is 117 Å². The smallest absolute Gasteiger partial charge is 0.147 e. The minimum atomic E-state index is -0.255. The summed E-state index contributed by atoms with van der Waals surface area (Å²) in [6.07, 6.45) is 0. The maximum absolute atomic E-state index is 7.30. The van der Waals surface area contributed by atoms with Crippen LogP contribution in [0, 0.1) is 5.41 Å². The zero-order valence-corrected chi connectivity index (χ0v) is 11.7. The Morgan fingerprint density at radius 1 is 1.42 bits per heavy atom. The van der Waals surface area contributed by atoms with Crippen molar-refractivity contribution < 1.29 is 4.74 Å². The first-order valence-electron chi connectivity index (χ1n) is 5.56. The highest BCUT2D eigenvalue weighted by molar-refractivity contribution is 6.68. The summed E-state index contributed by atoms with van der Waals surface area (Å²) in [5, 5.41) is 11.3. The van der Waals surface area contributed by atoms with Gasteiger partial charge in [-0.15, -0.1) is 0 Å². The molecule has 0 spiro atoms. The number of hydrazine groups is 1. The van der Waals surface area contributed by atoms with Crippen LogP contribution in [0.2, 0.25) is 0 Å². The van der Waals surface area contributed by atoms with Crippen LogP contribution >= 0.6 is 11.6 Å². The number of nitrogens with two attached hydrogens (primary N) is 2. The molecular formula is C12H18ClN5O. The average molecular weight is 284 g/mol. The van der Waals surface area contributed by atoms with E-state index in [1.54, 1.807) is 14.2 Å². The molecule has 104 valence electrons. The van der Waals surface area contributed by atoms with Gasteiger partial charge in [-0.05, 0) is 17.7 Å². The molecule has 0 radical (unpaired) electrons. The van der Waals surface area contributed by atoms with Crippen LogP contribution in [0.4, 0.5) is 0 Å². The van der Waals surface area contributed by atoms with Gasteiger partial charge in [0.2, 0.25) is 0 Å². The van der Waals surface area contributed by atoms with Crippen LogP contribution in [0.5, 0.6) is 5.75 Å². The Morgan fingerprint density at radius 3 is 2.42 bits per heavy atom. The van der Waals surface area contributed by atoms with Crippen LogP contribution in [-0.4, -0.2) is 24.3 Å². The summed E-state index contributed by atoms with van der Waals surface area (Å²) in [7, 11) is 3.27. The van der Waals surface area contributed by atoms with Crippen molar-refractivity contribution in [2.75, 3.05) is 14.2 Å². The number of nitrogens with one attached hydrogen (secondary N) is 2. The molecule has 19 heavy (non-hydrogen) atoms. The third-order valence-electron chi connectivity index (χ3n) is 2.53. The van der Waals surface area contributed by atoms with E-state index in [4.69, 9.17) is 33.3 Å². The van der Waals surface area contributed by atoms with Gasteiger partial charge < -0.3 is 15.8 Å². The number of benzene rings is 1. The number of rotatable bonds is 6. The van der Waals surface area contributed by atoms with E-state index in [1.807, 2.05) is 24.3 Å². The lowest BCUT2D eigenvalue weighted by Gasteiger charge is -2.23. The molecule has 0 atom stereocenters. The largest absolute Gasteiger partial charge is 0.497 e. The standard InChI is InChI=1S/C12H18ClN5O/c1-17-12(10(14)11(13)15)18(16)7-8-3-5-9(19-2)6-4-8/h3-6,15,17H,7,14,16H2,1-2H3/b12-10-,15-11?. The van der Waals surface area contributed by atoms with Gasteiger partial charge in [-0.2, -0.15) is 0 Å². The predicted octanol–water partition coefficient (Wildman–Crippen LogP) is 0.934. The van der Waals surface area contributed by atoms with Crippen LogP contribution in [0.15, 0.2) is 35.8 Å². The Morgan fingerprint density at radius 2 is 2.00 bits per heavy atom. The second-order valence-corrected chi connectivity index (χ2v) is 4.18. The second kappa shape index (κ2) is 6.86. The van der Waals surface area contributed by atoms with Crippen LogP contribution in [0.1, 0.15) is 5.56 Å². The van der Waals surface area contributed by atoms with Crippen LogP contribution in [0.3, 0.4) is 0 Å². The molecule has 6 N–H and O–H groups in total. The molecule has 0 saturated carbocycles. The van der Waals surface area contributed by atoms with Crippen molar-refractivity contribution in [1.29, 1.82) is 5.41 Å². The average Bonchev–Trinajstić information content (AvgIpc) is 2.40. The molecule has 0 aliphatic rings. The second-order valence-electron chi connectivity index (χ2n) is 3.80. The van der Waals surface area contributed by atoms with Crippen molar-refractivity contribution in [2.24, 2.45) is 11.6 Å². The van der Waals surface area contributed by atoms with Crippen LogP contribution < -0.4 is 21.6 Å². The fourth-order valence-electron chi connectivity index (χ4n) is 1.54. The van der Waals surface area contributed by atoms with Gasteiger partial charge in [0.1, 0.15) is 22.4 Å². The minimum absolute atomic E-state index is 0.0974. The molecule has 0 heterocycles. The van der Waals surface area contributed by atoms with Gasteiger partial charge in [0.05, 0.1) is 13.7 Å². The maximum atomic E-state index is 7.30. The summed E-state index contributed by atoms with van der Waals surface area (Å²) in [5.41, 5.74) is 6.76. The fourth-order valence-corrected chi connectivity index (χ4v) is 1.63. The van der Waals surface area contributed by atoms with Crippen molar-refractivity contribution in [3.63, 3.8) is 0 Å². The molecule has 0 aliphatic heterocycles. The Kier molecular flexibility index (Phi) is 5.47. The topological polar surface area (TPSA) is 100 Å². The summed E-state index contributed by atoms with van der Waals surface area (Å²) in [6, 6.07) is 7.49. The van der Waals surface area contributed by atoms with Gasteiger partial charge in [-0.25, -0.2) is 5.84 Å². The van der Waals surface area contributed by atoms with Crippen LogP contribution in [0.25, 0.3) is 0 Å². The Hall–Kier alpha value is -1.92. The SMILES string of the molecule is CN/C(=C(/N)C(=N)Cl)N(N)Cc1ccc(OC)cc1. The van der Waals surface area contributed by atoms with Crippen molar-refractivity contribution in [2.45, 2.75) is 6.54 Å². The van der Waals surface area contributed by atoms with Gasteiger partial charge in [0.15, 0.2) is 0 Å². The molecule has 1 aromatic carbocycles. The highest BCUT2D eigenvalue weighted by Crippen LogP contribution is 2.13. The van der Waals surface area contributed by atoms with Gasteiger partial charge >= 0.3 is 0 Å². The zero-order chi connectivity index (χ0) is 14.4. The van der Waals surface area contributed by atoms with E-state index in [0.717, 1.165) is 11.3 Å². The first-order valence-corrected chi connectivity index (χ1v) is 5.94. The van der Waals surface area contributed by atoms with E-state index < -0.39 is 0 Å². The number of methoxy groups -OCH3 is 1. The quantitative estimate of drug-likeness (QED) is 0.354. The van der Waals surface area contributed by atoms with E-state index >= 15 is 0 Å². The van der Waals surface area contributed by atoms with Gasteiger partial charge in [-0.1, -0.05) is 23.7 Å². The predicted molar refractivity (Wildman–Crippen MR) is 76.6 cm³/mol. The lowest BCUT2D eigenvalue weighted by atomic mass is 10.2. The van der Waals surface area contributed by atoms with Gasteiger partial charge in [0.25, 0.3) is 0 Å². The van der Waals surface area contributed by atoms with Crippen LogP contribution in [-0.2, 0) is 6.54 Å². The molecule has 0 aromatic heterocycles. The lowest BCUT2D eigenvalue weighted by Crippen LogP contribution is -2.38. The lowest BCUT2D eigenvalue weighted by molar-refractivity contribution is 0.327. The number of hydrogen-bond donors (Lipinski definition) is 4. The monoisotopic (exact) mass is 283 g/mol. The Bertz CT molecular complexity index is 472. The maximum Gasteiger partial charge on any atom is 0.147 e. The molecule has 0 aliphatic carbocycles. The van der Waals surface area contributed by atoms with E-state index in [-0.39, 0.29) is 10.9 Å². The summed E-state index contributed by atoms with van der Waals surface area (Å²) in [6.45, 7) is 0.422. The summed E-state index contributed by atoms with van der Waals surface area (Å²) in [5.74, 6) is 7.09. The first-order chi connectivity index (χ1) is 8.99. The number of halogens is 1. The molecule has 0 saturated heterocycles.